The lowest BCUT2D eigenvalue weighted by Crippen LogP contribution is -2.47. The second-order valence-corrected chi connectivity index (χ2v) is 7.70. The number of fused-ring (bicyclic) bond motifs is 1. The summed E-state index contributed by atoms with van der Waals surface area (Å²) in [7, 11) is 2.11. The molecule has 7 heteroatoms. The lowest BCUT2D eigenvalue weighted by Gasteiger charge is -2.38. The first-order valence-electron chi connectivity index (χ1n) is 10.1. The number of amides is 1. The summed E-state index contributed by atoms with van der Waals surface area (Å²) < 4.78 is 27.3. The number of halogens is 2. The van der Waals surface area contributed by atoms with Gasteiger partial charge < -0.3 is 19.6 Å². The van der Waals surface area contributed by atoms with Crippen molar-refractivity contribution in [3.8, 4) is 0 Å². The first-order valence-corrected chi connectivity index (χ1v) is 10.1. The molecule has 0 spiro atoms. The zero-order valence-electron chi connectivity index (χ0n) is 16.7. The fraction of sp³-hybridized carbons (Fsp3) is 0.409. The molecule has 2 aromatic carbocycles. The van der Waals surface area contributed by atoms with E-state index in [1.54, 1.807) is 23.1 Å². The van der Waals surface area contributed by atoms with E-state index in [0.29, 0.717) is 30.9 Å². The van der Waals surface area contributed by atoms with E-state index >= 15 is 0 Å². The molecule has 1 fully saturated rings. The minimum atomic E-state index is -0.359. The summed E-state index contributed by atoms with van der Waals surface area (Å²) in [5.41, 5.74) is 2.11. The zero-order chi connectivity index (χ0) is 20.4. The Labute approximate surface area is 170 Å². The van der Waals surface area contributed by atoms with E-state index in [-0.39, 0.29) is 17.5 Å². The van der Waals surface area contributed by atoms with E-state index in [1.807, 2.05) is 4.90 Å². The number of hydrogen-bond donors (Lipinski definition) is 0. The molecule has 0 bridgehead atoms. The maximum atomic E-state index is 14.0. The fourth-order valence-electron chi connectivity index (χ4n) is 3.99. The van der Waals surface area contributed by atoms with Crippen molar-refractivity contribution in [2.75, 3.05) is 62.7 Å². The highest BCUT2D eigenvalue weighted by Crippen LogP contribution is 2.38. The van der Waals surface area contributed by atoms with Crippen LogP contribution in [0.5, 0.6) is 0 Å². The monoisotopic (exact) mass is 400 g/mol. The number of carbonyl (C=O) groups is 1. The third-order valence-corrected chi connectivity index (χ3v) is 5.74. The molecule has 1 amide bonds. The van der Waals surface area contributed by atoms with Crippen LogP contribution in [0.1, 0.15) is 6.42 Å². The minimum Gasteiger partial charge on any atom is -0.338 e. The fourth-order valence-corrected chi connectivity index (χ4v) is 3.99. The van der Waals surface area contributed by atoms with Gasteiger partial charge in [-0.2, -0.15) is 0 Å². The highest BCUT2D eigenvalue weighted by Gasteiger charge is 2.28. The average molecular weight is 400 g/mol. The van der Waals surface area contributed by atoms with E-state index < -0.39 is 0 Å². The third kappa shape index (κ3) is 4.41. The number of likely N-dealkylation sites (N-methyl/N-ethyl adjacent to an activating group) is 1. The molecule has 2 aliphatic heterocycles. The minimum absolute atomic E-state index is 0.0514. The van der Waals surface area contributed by atoms with Crippen molar-refractivity contribution in [1.29, 1.82) is 0 Å². The predicted octanol–water partition coefficient (Wildman–Crippen LogP) is 3.09. The topological polar surface area (TPSA) is 30.0 Å². The molecule has 2 aromatic rings. The van der Waals surface area contributed by atoms with E-state index in [4.69, 9.17) is 0 Å². The number of hydrogen-bond acceptors (Lipinski definition) is 4. The molecule has 0 saturated carbocycles. The Kier molecular flexibility index (Phi) is 5.78. The molecule has 0 aromatic heterocycles. The Hall–Kier alpha value is -2.51. The van der Waals surface area contributed by atoms with Crippen LogP contribution in [0.2, 0.25) is 0 Å². The van der Waals surface area contributed by atoms with Crippen molar-refractivity contribution in [3.05, 3.63) is 54.1 Å². The number of benzene rings is 2. The van der Waals surface area contributed by atoms with E-state index in [0.717, 1.165) is 38.4 Å². The van der Waals surface area contributed by atoms with Crippen LogP contribution in [0.4, 0.5) is 25.8 Å². The van der Waals surface area contributed by atoms with Crippen LogP contribution in [0, 0.1) is 11.6 Å². The molecule has 2 aliphatic rings. The Bertz CT molecular complexity index is 866. The van der Waals surface area contributed by atoms with E-state index in [2.05, 4.69) is 16.8 Å². The molecule has 154 valence electrons. The molecular weight excluding hydrogens is 374 g/mol. The number of carbonyl (C=O) groups excluding carboxylic acids is 1. The highest BCUT2D eigenvalue weighted by atomic mass is 19.1. The standard InChI is InChI=1S/C22H26F2N4O/c1-25-10-12-26(13-11-25)9-8-22(29)28-15-14-27(19-5-2-17(23)3-6-19)21-16-18(24)4-7-20(21)28/h2-7,16H,8-15H2,1H3. The van der Waals surface area contributed by atoms with Crippen LogP contribution in [-0.2, 0) is 4.79 Å². The Morgan fingerprint density at radius 2 is 1.55 bits per heavy atom. The van der Waals surface area contributed by atoms with Gasteiger partial charge in [0, 0.05) is 57.9 Å². The Morgan fingerprint density at radius 3 is 2.28 bits per heavy atom. The lowest BCUT2D eigenvalue weighted by molar-refractivity contribution is -0.119. The van der Waals surface area contributed by atoms with Crippen molar-refractivity contribution in [3.63, 3.8) is 0 Å². The van der Waals surface area contributed by atoms with Crippen LogP contribution in [-0.4, -0.2) is 68.6 Å². The van der Waals surface area contributed by atoms with E-state index in [9.17, 15) is 13.6 Å². The summed E-state index contributed by atoms with van der Waals surface area (Å²) in [5.74, 6) is -0.621. The van der Waals surface area contributed by atoms with Crippen molar-refractivity contribution in [2.45, 2.75) is 6.42 Å². The van der Waals surface area contributed by atoms with Crippen molar-refractivity contribution < 1.29 is 13.6 Å². The van der Waals surface area contributed by atoms with Gasteiger partial charge in [-0.3, -0.25) is 4.79 Å². The zero-order valence-corrected chi connectivity index (χ0v) is 16.7. The molecule has 1 saturated heterocycles. The Balaban J connectivity index is 1.50. The molecule has 0 atom stereocenters. The first kappa shape index (κ1) is 19.8. The second-order valence-electron chi connectivity index (χ2n) is 7.70. The summed E-state index contributed by atoms with van der Waals surface area (Å²) in [4.78, 5) is 21.3. The second kappa shape index (κ2) is 8.47. The van der Waals surface area contributed by atoms with Crippen LogP contribution >= 0.6 is 0 Å². The molecule has 29 heavy (non-hydrogen) atoms. The maximum Gasteiger partial charge on any atom is 0.228 e. The van der Waals surface area contributed by atoms with Gasteiger partial charge >= 0.3 is 0 Å². The van der Waals surface area contributed by atoms with Gasteiger partial charge in [0.05, 0.1) is 11.4 Å². The summed E-state index contributed by atoms with van der Waals surface area (Å²) in [5, 5.41) is 0. The number of rotatable bonds is 4. The summed E-state index contributed by atoms with van der Waals surface area (Å²) in [6, 6.07) is 10.6. The van der Waals surface area contributed by atoms with Crippen molar-refractivity contribution in [2.24, 2.45) is 0 Å². The molecule has 4 rings (SSSR count). The number of piperazine rings is 1. The van der Waals surface area contributed by atoms with Gasteiger partial charge in [0.15, 0.2) is 0 Å². The highest BCUT2D eigenvalue weighted by molar-refractivity contribution is 5.99. The molecule has 0 radical (unpaired) electrons. The van der Waals surface area contributed by atoms with Crippen molar-refractivity contribution in [1.82, 2.24) is 9.80 Å². The van der Waals surface area contributed by atoms with Gasteiger partial charge in [-0.05, 0) is 49.5 Å². The summed E-state index contributed by atoms with van der Waals surface area (Å²) >= 11 is 0. The molecule has 2 heterocycles. The molecule has 0 unspecified atom stereocenters. The maximum absolute atomic E-state index is 14.0. The third-order valence-electron chi connectivity index (χ3n) is 5.74. The summed E-state index contributed by atoms with van der Waals surface area (Å²) in [6.07, 6.45) is 0.442. The van der Waals surface area contributed by atoms with Crippen LogP contribution in [0.25, 0.3) is 0 Å². The SMILES string of the molecule is CN1CCN(CCC(=O)N2CCN(c3ccc(F)cc3)c3cc(F)ccc32)CC1. The molecule has 0 aliphatic carbocycles. The smallest absolute Gasteiger partial charge is 0.228 e. The lowest BCUT2D eigenvalue weighted by atomic mass is 10.1. The van der Waals surface area contributed by atoms with Gasteiger partial charge in [0.2, 0.25) is 5.91 Å². The largest absolute Gasteiger partial charge is 0.338 e. The summed E-state index contributed by atoms with van der Waals surface area (Å²) in [6.45, 7) is 5.77. The first-order chi connectivity index (χ1) is 14.0. The van der Waals surface area contributed by atoms with Crippen LogP contribution in [0.3, 0.4) is 0 Å². The van der Waals surface area contributed by atoms with Gasteiger partial charge in [0.25, 0.3) is 0 Å². The van der Waals surface area contributed by atoms with Gasteiger partial charge in [-0.15, -0.1) is 0 Å². The van der Waals surface area contributed by atoms with Gasteiger partial charge in [-0.25, -0.2) is 8.78 Å². The van der Waals surface area contributed by atoms with E-state index in [1.165, 1.54) is 24.3 Å². The average Bonchev–Trinajstić information content (AvgIpc) is 2.73. The number of nitrogens with zero attached hydrogens (tertiary/aromatic N) is 4. The van der Waals surface area contributed by atoms with Crippen LogP contribution in [0.15, 0.2) is 42.5 Å². The van der Waals surface area contributed by atoms with Gasteiger partial charge in [0.1, 0.15) is 11.6 Å². The van der Waals surface area contributed by atoms with Crippen LogP contribution < -0.4 is 9.80 Å². The quantitative estimate of drug-likeness (QED) is 0.789. The van der Waals surface area contributed by atoms with Crippen molar-refractivity contribution >= 4 is 23.0 Å². The molecule has 5 nitrogen and oxygen atoms in total. The normalized spacial score (nSPS) is 18.0. The molecule has 0 N–H and O–H groups in total. The molecular formula is C22H26F2N4O. The predicted molar refractivity (Wildman–Crippen MR) is 111 cm³/mol. The Morgan fingerprint density at radius 1 is 0.862 bits per heavy atom. The van der Waals surface area contributed by atoms with Gasteiger partial charge in [-0.1, -0.05) is 0 Å². The number of anilines is 3.